The number of benzene rings is 1. The van der Waals surface area contributed by atoms with Gasteiger partial charge in [-0.15, -0.1) is 16.4 Å². The standard InChI is InChI=1S/C16H12N4OS/c1-2-7-14-13(6-1)18-19-20(14)16(15-8-4-10-22-15)17-11-12-5-3-9-21-12/h1-10H,11H2. The molecule has 0 radical (unpaired) electrons. The molecule has 0 amide bonds. The van der Waals surface area contributed by atoms with Crippen LogP contribution in [0.5, 0.6) is 0 Å². The number of hydrogen-bond donors (Lipinski definition) is 0. The molecule has 0 spiro atoms. The molecule has 0 unspecified atom stereocenters. The van der Waals surface area contributed by atoms with Crippen molar-refractivity contribution in [3.8, 4) is 0 Å². The van der Waals surface area contributed by atoms with Crippen molar-refractivity contribution in [1.29, 1.82) is 0 Å². The molecule has 4 rings (SSSR count). The maximum Gasteiger partial charge on any atom is 0.169 e. The molecular formula is C16H12N4OS. The number of aromatic nitrogens is 3. The summed E-state index contributed by atoms with van der Waals surface area (Å²) < 4.78 is 7.14. The molecule has 0 aliphatic heterocycles. The molecule has 3 heterocycles. The molecule has 0 N–H and O–H groups in total. The topological polar surface area (TPSA) is 56.2 Å². The number of para-hydroxylation sites is 1. The van der Waals surface area contributed by atoms with Crippen molar-refractivity contribution >= 4 is 28.2 Å². The smallest absolute Gasteiger partial charge is 0.169 e. The van der Waals surface area contributed by atoms with Gasteiger partial charge in [0.2, 0.25) is 0 Å². The molecule has 3 aromatic heterocycles. The van der Waals surface area contributed by atoms with Crippen molar-refractivity contribution in [3.63, 3.8) is 0 Å². The third-order valence-corrected chi connectivity index (χ3v) is 4.12. The van der Waals surface area contributed by atoms with Crippen molar-refractivity contribution in [3.05, 3.63) is 70.8 Å². The van der Waals surface area contributed by atoms with Crippen LogP contribution in [-0.2, 0) is 6.54 Å². The molecule has 108 valence electrons. The molecule has 0 aliphatic carbocycles. The second kappa shape index (κ2) is 5.57. The summed E-state index contributed by atoms with van der Waals surface area (Å²) in [6, 6.07) is 15.7. The molecule has 5 nitrogen and oxygen atoms in total. The van der Waals surface area contributed by atoms with Gasteiger partial charge in [-0.05, 0) is 35.7 Å². The lowest BCUT2D eigenvalue weighted by atomic mass is 10.3. The maximum absolute atomic E-state index is 5.36. The van der Waals surface area contributed by atoms with Gasteiger partial charge in [0.05, 0.1) is 23.2 Å². The van der Waals surface area contributed by atoms with Gasteiger partial charge in [0.25, 0.3) is 0 Å². The van der Waals surface area contributed by atoms with Gasteiger partial charge in [-0.3, -0.25) is 4.99 Å². The predicted molar refractivity (Wildman–Crippen MR) is 86.2 cm³/mol. The van der Waals surface area contributed by atoms with Crippen molar-refractivity contribution in [2.24, 2.45) is 4.99 Å². The van der Waals surface area contributed by atoms with E-state index in [1.807, 2.05) is 53.9 Å². The Kier molecular flexibility index (Phi) is 3.29. The van der Waals surface area contributed by atoms with E-state index in [0.29, 0.717) is 6.54 Å². The largest absolute Gasteiger partial charge is 0.467 e. The zero-order valence-corrected chi connectivity index (χ0v) is 12.4. The van der Waals surface area contributed by atoms with Crippen LogP contribution in [0, 0.1) is 0 Å². The van der Waals surface area contributed by atoms with Gasteiger partial charge in [-0.2, -0.15) is 4.68 Å². The summed E-state index contributed by atoms with van der Waals surface area (Å²) in [6.45, 7) is 0.467. The number of hydrogen-bond acceptors (Lipinski definition) is 5. The highest BCUT2D eigenvalue weighted by atomic mass is 32.1. The van der Waals surface area contributed by atoms with E-state index in [1.165, 1.54) is 0 Å². The van der Waals surface area contributed by atoms with E-state index >= 15 is 0 Å². The first-order valence-corrected chi connectivity index (χ1v) is 7.71. The summed E-state index contributed by atoms with van der Waals surface area (Å²) in [5.74, 6) is 1.60. The number of furan rings is 1. The summed E-state index contributed by atoms with van der Waals surface area (Å²) in [5.41, 5.74) is 1.79. The Labute approximate surface area is 130 Å². The summed E-state index contributed by atoms with van der Waals surface area (Å²) in [7, 11) is 0. The minimum absolute atomic E-state index is 0.467. The van der Waals surface area contributed by atoms with E-state index in [4.69, 9.17) is 9.41 Å². The van der Waals surface area contributed by atoms with Crippen LogP contribution in [0.1, 0.15) is 10.6 Å². The Morgan fingerprint density at radius 1 is 1.14 bits per heavy atom. The SMILES string of the molecule is c1coc(CN=C(c2cccs2)n2nnc3ccccc32)c1. The first-order chi connectivity index (χ1) is 10.9. The van der Waals surface area contributed by atoms with Crippen LogP contribution in [0.4, 0.5) is 0 Å². The molecule has 1 aromatic carbocycles. The van der Waals surface area contributed by atoms with Crippen LogP contribution in [0.2, 0.25) is 0 Å². The first kappa shape index (κ1) is 13.0. The van der Waals surface area contributed by atoms with E-state index in [0.717, 1.165) is 27.5 Å². The minimum atomic E-state index is 0.467. The van der Waals surface area contributed by atoms with Crippen LogP contribution in [-0.4, -0.2) is 20.8 Å². The van der Waals surface area contributed by atoms with Crippen LogP contribution in [0.25, 0.3) is 11.0 Å². The highest BCUT2D eigenvalue weighted by Gasteiger charge is 2.13. The normalized spacial score (nSPS) is 12.1. The maximum atomic E-state index is 5.36. The highest BCUT2D eigenvalue weighted by Crippen LogP contribution is 2.17. The van der Waals surface area contributed by atoms with Gasteiger partial charge < -0.3 is 4.42 Å². The molecule has 0 bridgehead atoms. The van der Waals surface area contributed by atoms with E-state index in [2.05, 4.69) is 10.3 Å². The van der Waals surface area contributed by atoms with E-state index in [-0.39, 0.29) is 0 Å². The Morgan fingerprint density at radius 2 is 2.09 bits per heavy atom. The fourth-order valence-corrected chi connectivity index (χ4v) is 2.95. The second-order valence-corrected chi connectivity index (χ2v) is 5.63. The fraction of sp³-hybridized carbons (Fsp3) is 0.0625. The Morgan fingerprint density at radius 3 is 2.91 bits per heavy atom. The molecule has 0 atom stereocenters. The van der Waals surface area contributed by atoms with Gasteiger partial charge in [-0.1, -0.05) is 23.4 Å². The van der Waals surface area contributed by atoms with E-state index in [1.54, 1.807) is 22.3 Å². The van der Waals surface area contributed by atoms with Gasteiger partial charge in [0, 0.05) is 0 Å². The summed E-state index contributed by atoms with van der Waals surface area (Å²) in [4.78, 5) is 5.74. The van der Waals surface area contributed by atoms with Gasteiger partial charge in [0.1, 0.15) is 11.3 Å². The average Bonchev–Trinajstić information content (AvgIpc) is 3.30. The monoisotopic (exact) mass is 308 g/mol. The molecule has 0 saturated heterocycles. The molecule has 4 aromatic rings. The number of aliphatic imine (C=N–C) groups is 1. The minimum Gasteiger partial charge on any atom is -0.467 e. The van der Waals surface area contributed by atoms with Gasteiger partial charge >= 0.3 is 0 Å². The number of thiophene rings is 1. The van der Waals surface area contributed by atoms with Crippen molar-refractivity contribution in [2.45, 2.75) is 6.54 Å². The molecular weight excluding hydrogens is 296 g/mol. The second-order valence-electron chi connectivity index (χ2n) is 4.69. The fourth-order valence-electron chi connectivity index (χ4n) is 2.24. The van der Waals surface area contributed by atoms with Gasteiger partial charge in [-0.25, -0.2) is 0 Å². The Bertz CT molecular complexity index is 907. The van der Waals surface area contributed by atoms with E-state index in [9.17, 15) is 0 Å². The third-order valence-electron chi connectivity index (χ3n) is 3.26. The molecule has 22 heavy (non-hydrogen) atoms. The van der Waals surface area contributed by atoms with Crippen LogP contribution in [0.15, 0.2) is 69.6 Å². The zero-order valence-electron chi connectivity index (χ0n) is 11.6. The van der Waals surface area contributed by atoms with Crippen molar-refractivity contribution in [1.82, 2.24) is 15.0 Å². The van der Waals surface area contributed by atoms with Crippen molar-refractivity contribution < 1.29 is 4.42 Å². The van der Waals surface area contributed by atoms with Crippen LogP contribution in [0.3, 0.4) is 0 Å². The zero-order chi connectivity index (χ0) is 14.8. The number of fused-ring (bicyclic) bond motifs is 1. The lowest BCUT2D eigenvalue weighted by Crippen LogP contribution is -2.14. The van der Waals surface area contributed by atoms with Gasteiger partial charge in [0.15, 0.2) is 5.84 Å². The average molecular weight is 308 g/mol. The quantitative estimate of drug-likeness (QED) is 0.429. The Balaban J connectivity index is 1.82. The first-order valence-electron chi connectivity index (χ1n) is 6.83. The van der Waals surface area contributed by atoms with Crippen molar-refractivity contribution in [2.75, 3.05) is 0 Å². The predicted octanol–water partition coefficient (Wildman–Crippen LogP) is 3.58. The summed E-state index contributed by atoms with van der Waals surface area (Å²) in [5, 5.41) is 10.5. The highest BCUT2D eigenvalue weighted by molar-refractivity contribution is 7.12. The number of nitrogens with zero attached hydrogens (tertiary/aromatic N) is 4. The number of rotatable bonds is 3. The molecule has 0 aliphatic rings. The third kappa shape index (κ3) is 2.33. The molecule has 6 heteroatoms. The molecule has 0 saturated carbocycles. The Hall–Kier alpha value is -2.73. The summed E-state index contributed by atoms with van der Waals surface area (Å²) in [6.07, 6.45) is 1.65. The summed E-state index contributed by atoms with van der Waals surface area (Å²) >= 11 is 1.63. The van der Waals surface area contributed by atoms with Crippen LogP contribution < -0.4 is 0 Å². The lowest BCUT2D eigenvalue weighted by molar-refractivity contribution is 0.512. The lowest BCUT2D eigenvalue weighted by Gasteiger charge is -2.05. The van der Waals surface area contributed by atoms with E-state index < -0.39 is 0 Å². The molecule has 0 fully saturated rings. The van der Waals surface area contributed by atoms with Crippen LogP contribution >= 0.6 is 11.3 Å².